The average molecular weight is 207 g/mol. The van der Waals surface area contributed by atoms with Crippen LogP contribution < -0.4 is 5.32 Å². The molecule has 1 aromatic rings. The molecule has 0 amide bonds. The summed E-state index contributed by atoms with van der Waals surface area (Å²) in [5.74, 6) is 0. The number of hydrogen-bond donors (Lipinski definition) is 1. The van der Waals surface area contributed by atoms with Crippen LogP contribution >= 0.6 is 0 Å². The van der Waals surface area contributed by atoms with Crippen LogP contribution in [0, 0.1) is 6.92 Å². The summed E-state index contributed by atoms with van der Waals surface area (Å²) in [6.45, 7) is 7.18. The number of aryl methyl sites for hydroxylation is 1. The molecule has 0 saturated carbocycles. The predicted molar refractivity (Wildman–Crippen MR) is 64.1 cm³/mol. The zero-order valence-corrected chi connectivity index (χ0v) is 10.1. The number of ether oxygens (including phenoxy) is 1. The van der Waals surface area contributed by atoms with Gasteiger partial charge in [0.1, 0.15) is 0 Å². The van der Waals surface area contributed by atoms with Gasteiger partial charge in [-0.2, -0.15) is 0 Å². The van der Waals surface area contributed by atoms with Crippen LogP contribution in [0.5, 0.6) is 0 Å². The van der Waals surface area contributed by atoms with E-state index in [9.17, 15) is 0 Å². The summed E-state index contributed by atoms with van der Waals surface area (Å²) in [4.78, 5) is 0. The Morgan fingerprint density at radius 3 is 2.67 bits per heavy atom. The Labute approximate surface area is 92.6 Å². The third kappa shape index (κ3) is 4.02. The van der Waals surface area contributed by atoms with Crippen molar-refractivity contribution in [2.24, 2.45) is 0 Å². The van der Waals surface area contributed by atoms with Gasteiger partial charge in [0.05, 0.1) is 6.61 Å². The van der Waals surface area contributed by atoms with Crippen molar-refractivity contribution >= 4 is 0 Å². The molecule has 0 bridgehead atoms. The molecule has 0 heterocycles. The van der Waals surface area contributed by atoms with Gasteiger partial charge in [0, 0.05) is 19.2 Å². The monoisotopic (exact) mass is 207 g/mol. The second-order valence-electron chi connectivity index (χ2n) is 4.16. The van der Waals surface area contributed by atoms with E-state index in [1.54, 1.807) is 7.11 Å². The van der Waals surface area contributed by atoms with Gasteiger partial charge < -0.3 is 10.1 Å². The predicted octanol–water partition coefficient (Wildman–Crippen LogP) is 2.68. The Bertz CT molecular complexity index is 298. The first-order valence-electron chi connectivity index (χ1n) is 5.45. The van der Waals surface area contributed by atoms with Crippen molar-refractivity contribution in [3.05, 3.63) is 35.4 Å². The van der Waals surface area contributed by atoms with Gasteiger partial charge >= 0.3 is 0 Å². The molecule has 2 heteroatoms. The molecule has 1 rings (SSSR count). The van der Waals surface area contributed by atoms with Crippen molar-refractivity contribution in [3.63, 3.8) is 0 Å². The van der Waals surface area contributed by atoms with E-state index in [2.05, 4.69) is 50.4 Å². The fraction of sp³-hybridized carbons (Fsp3) is 0.538. The zero-order valence-electron chi connectivity index (χ0n) is 10.1. The van der Waals surface area contributed by atoms with Crippen LogP contribution in [0.2, 0.25) is 0 Å². The minimum atomic E-state index is 0.370. The van der Waals surface area contributed by atoms with Crippen molar-refractivity contribution in [2.75, 3.05) is 13.7 Å². The lowest BCUT2D eigenvalue weighted by Gasteiger charge is -2.20. The minimum absolute atomic E-state index is 0.370. The summed E-state index contributed by atoms with van der Waals surface area (Å²) >= 11 is 0. The van der Waals surface area contributed by atoms with Crippen LogP contribution in [-0.4, -0.2) is 19.8 Å². The van der Waals surface area contributed by atoms with E-state index in [0.717, 1.165) is 6.61 Å². The molecule has 0 radical (unpaired) electrons. The highest BCUT2D eigenvalue weighted by atomic mass is 16.5. The Kier molecular flexibility index (Phi) is 4.79. The molecular weight excluding hydrogens is 186 g/mol. The average Bonchev–Trinajstić information content (AvgIpc) is 2.18. The van der Waals surface area contributed by atoms with E-state index in [4.69, 9.17) is 4.74 Å². The molecular formula is C13H21NO. The molecule has 0 spiro atoms. The van der Waals surface area contributed by atoms with Gasteiger partial charge in [-0.3, -0.25) is 0 Å². The third-order valence-electron chi connectivity index (χ3n) is 2.49. The second kappa shape index (κ2) is 5.89. The van der Waals surface area contributed by atoms with Crippen LogP contribution in [-0.2, 0) is 4.74 Å². The fourth-order valence-corrected chi connectivity index (χ4v) is 1.76. The van der Waals surface area contributed by atoms with Crippen molar-refractivity contribution < 1.29 is 4.74 Å². The largest absolute Gasteiger partial charge is 0.383 e. The smallest absolute Gasteiger partial charge is 0.0613 e. The molecule has 1 N–H and O–H groups in total. The normalized spacial score (nSPS) is 14.9. The highest BCUT2D eigenvalue weighted by Crippen LogP contribution is 2.14. The molecule has 15 heavy (non-hydrogen) atoms. The standard InChI is InChI=1S/C13H21NO/c1-10-6-5-7-13(8-10)12(3)14-11(2)9-15-4/h5-8,11-12,14H,9H2,1-4H3/t11?,12-/m0/s1. The van der Waals surface area contributed by atoms with Gasteiger partial charge in [-0.1, -0.05) is 29.8 Å². The Balaban J connectivity index is 2.56. The quantitative estimate of drug-likeness (QED) is 0.801. The first-order valence-corrected chi connectivity index (χ1v) is 5.45. The number of hydrogen-bond acceptors (Lipinski definition) is 2. The number of benzene rings is 1. The van der Waals surface area contributed by atoms with Crippen molar-refractivity contribution in [1.29, 1.82) is 0 Å². The van der Waals surface area contributed by atoms with Gasteiger partial charge in [0.15, 0.2) is 0 Å². The van der Waals surface area contributed by atoms with Crippen molar-refractivity contribution in [3.8, 4) is 0 Å². The third-order valence-corrected chi connectivity index (χ3v) is 2.49. The van der Waals surface area contributed by atoms with Gasteiger partial charge in [-0.05, 0) is 26.3 Å². The number of nitrogens with one attached hydrogen (secondary N) is 1. The van der Waals surface area contributed by atoms with Gasteiger partial charge in [0.2, 0.25) is 0 Å². The van der Waals surface area contributed by atoms with Crippen LogP contribution in [0.25, 0.3) is 0 Å². The summed E-state index contributed by atoms with van der Waals surface area (Å²) in [5.41, 5.74) is 2.64. The molecule has 0 aliphatic heterocycles. The van der Waals surface area contributed by atoms with Crippen LogP contribution in [0.1, 0.15) is 31.0 Å². The molecule has 84 valence electrons. The van der Waals surface area contributed by atoms with E-state index in [1.165, 1.54) is 11.1 Å². The van der Waals surface area contributed by atoms with Crippen LogP contribution in [0.3, 0.4) is 0 Å². The van der Waals surface area contributed by atoms with Gasteiger partial charge in [-0.15, -0.1) is 0 Å². The molecule has 0 aromatic heterocycles. The van der Waals surface area contributed by atoms with Gasteiger partial charge in [0.25, 0.3) is 0 Å². The lowest BCUT2D eigenvalue weighted by molar-refractivity contribution is 0.167. The molecule has 2 atom stereocenters. The Hall–Kier alpha value is -0.860. The molecule has 1 aromatic carbocycles. The fourth-order valence-electron chi connectivity index (χ4n) is 1.76. The topological polar surface area (TPSA) is 21.3 Å². The van der Waals surface area contributed by atoms with Crippen molar-refractivity contribution in [2.45, 2.75) is 32.9 Å². The number of methoxy groups -OCH3 is 1. The zero-order chi connectivity index (χ0) is 11.3. The minimum Gasteiger partial charge on any atom is -0.383 e. The summed E-state index contributed by atoms with van der Waals surface area (Å²) in [7, 11) is 1.73. The Morgan fingerprint density at radius 1 is 1.33 bits per heavy atom. The SMILES string of the molecule is COCC(C)N[C@@H](C)c1cccc(C)c1. The summed E-state index contributed by atoms with van der Waals surface area (Å²) in [5, 5.41) is 3.50. The molecule has 0 aliphatic carbocycles. The maximum absolute atomic E-state index is 5.10. The lowest BCUT2D eigenvalue weighted by atomic mass is 10.1. The summed E-state index contributed by atoms with van der Waals surface area (Å²) in [6, 6.07) is 9.35. The highest BCUT2D eigenvalue weighted by molar-refractivity contribution is 5.24. The summed E-state index contributed by atoms with van der Waals surface area (Å²) < 4.78 is 5.10. The lowest BCUT2D eigenvalue weighted by Crippen LogP contribution is -2.32. The first-order chi connectivity index (χ1) is 7.13. The number of rotatable bonds is 5. The maximum atomic E-state index is 5.10. The van der Waals surface area contributed by atoms with Crippen LogP contribution in [0.4, 0.5) is 0 Å². The second-order valence-corrected chi connectivity index (χ2v) is 4.16. The molecule has 2 nitrogen and oxygen atoms in total. The molecule has 0 fully saturated rings. The van der Waals surface area contributed by atoms with E-state index >= 15 is 0 Å². The molecule has 0 saturated heterocycles. The van der Waals surface area contributed by atoms with E-state index in [-0.39, 0.29) is 0 Å². The first kappa shape index (κ1) is 12.2. The van der Waals surface area contributed by atoms with Gasteiger partial charge in [-0.25, -0.2) is 0 Å². The van der Waals surface area contributed by atoms with E-state index in [0.29, 0.717) is 12.1 Å². The van der Waals surface area contributed by atoms with Crippen LogP contribution in [0.15, 0.2) is 24.3 Å². The highest BCUT2D eigenvalue weighted by Gasteiger charge is 2.08. The molecule has 1 unspecified atom stereocenters. The van der Waals surface area contributed by atoms with E-state index < -0.39 is 0 Å². The summed E-state index contributed by atoms with van der Waals surface area (Å²) in [6.07, 6.45) is 0. The van der Waals surface area contributed by atoms with Crippen molar-refractivity contribution in [1.82, 2.24) is 5.32 Å². The maximum Gasteiger partial charge on any atom is 0.0613 e. The Morgan fingerprint density at radius 2 is 2.07 bits per heavy atom. The molecule has 0 aliphatic rings. The van der Waals surface area contributed by atoms with E-state index in [1.807, 2.05) is 0 Å².